The molecule has 0 radical (unpaired) electrons. The van der Waals surface area contributed by atoms with Gasteiger partial charge in [-0.05, 0) is 30.5 Å². The molecule has 1 aromatic carbocycles. The molecule has 1 amide bonds. The van der Waals surface area contributed by atoms with E-state index >= 15 is 4.39 Å². The van der Waals surface area contributed by atoms with Crippen LogP contribution in [0.3, 0.4) is 0 Å². The van der Waals surface area contributed by atoms with Crippen molar-refractivity contribution in [3.8, 4) is 0 Å². The average molecular weight is 496 g/mol. The van der Waals surface area contributed by atoms with E-state index in [1.807, 2.05) is 9.47 Å². The first kappa shape index (κ1) is 23.7. The zero-order chi connectivity index (χ0) is 25.4. The number of piperidine rings is 1. The van der Waals surface area contributed by atoms with E-state index in [1.165, 1.54) is 29.6 Å². The van der Waals surface area contributed by atoms with Crippen molar-refractivity contribution in [1.29, 1.82) is 0 Å². The van der Waals surface area contributed by atoms with E-state index in [2.05, 4.69) is 19.9 Å². The van der Waals surface area contributed by atoms with Gasteiger partial charge in [-0.25, -0.2) is 33.1 Å². The van der Waals surface area contributed by atoms with Crippen LogP contribution in [0.1, 0.15) is 40.5 Å². The lowest BCUT2D eigenvalue weighted by atomic mass is 10.0. The minimum absolute atomic E-state index is 0.00971. The van der Waals surface area contributed by atoms with Crippen molar-refractivity contribution < 1.29 is 18.0 Å². The monoisotopic (exact) mass is 495 g/mol. The highest BCUT2D eigenvalue weighted by molar-refractivity contribution is 5.94. The highest BCUT2D eigenvalue weighted by Crippen LogP contribution is 2.31. The summed E-state index contributed by atoms with van der Waals surface area (Å²) >= 11 is 0. The molecular formula is C25H24F3N7O. The van der Waals surface area contributed by atoms with Gasteiger partial charge in [-0.2, -0.15) is 0 Å². The number of aromatic nitrogens is 5. The van der Waals surface area contributed by atoms with Gasteiger partial charge in [-0.15, -0.1) is 0 Å². The van der Waals surface area contributed by atoms with Gasteiger partial charge in [0.1, 0.15) is 17.8 Å². The Morgan fingerprint density at radius 3 is 2.42 bits per heavy atom. The number of anilines is 1. The molecule has 8 nitrogen and oxygen atoms in total. The van der Waals surface area contributed by atoms with E-state index in [0.717, 1.165) is 12.4 Å². The fraction of sp³-hybridized carbons (Fsp3) is 0.320. The summed E-state index contributed by atoms with van der Waals surface area (Å²) in [6.07, 6.45) is 6.50. The summed E-state index contributed by atoms with van der Waals surface area (Å²) in [5.41, 5.74) is 1.38. The zero-order valence-electron chi connectivity index (χ0n) is 19.8. The molecule has 11 heteroatoms. The lowest BCUT2D eigenvalue weighted by Crippen LogP contribution is -2.35. The van der Waals surface area contributed by atoms with Crippen LogP contribution >= 0.6 is 0 Å². The standard InChI is InChI=1S/C25H24F3N7O/c1-33(2)24(36)16-4-3-15(19(27)9-16)10-21-22-20(28)13-35(23(22)32-14-31-21)18-5-7-34(8-6-18)25-29-11-17(26)12-30-25/h3-4,9,11-14,18H,5-8,10H2,1-2H3. The van der Waals surface area contributed by atoms with Gasteiger partial charge < -0.3 is 14.4 Å². The van der Waals surface area contributed by atoms with Crippen LogP contribution in [0.2, 0.25) is 0 Å². The van der Waals surface area contributed by atoms with E-state index in [4.69, 9.17) is 0 Å². The summed E-state index contributed by atoms with van der Waals surface area (Å²) in [6, 6.07) is 4.27. The van der Waals surface area contributed by atoms with E-state index in [0.29, 0.717) is 48.8 Å². The predicted octanol–water partition coefficient (Wildman–Crippen LogP) is 3.77. The number of hydrogen-bond acceptors (Lipinski definition) is 6. The van der Waals surface area contributed by atoms with Crippen LogP contribution in [0.4, 0.5) is 19.1 Å². The molecule has 1 fully saturated rings. The minimum Gasteiger partial charge on any atom is -0.345 e. The largest absolute Gasteiger partial charge is 0.345 e. The highest BCUT2D eigenvalue weighted by atomic mass is 19.1. The van der Waals surface area contributed by atoms with Gasteiger partial charge >= 0.3 is 0 Å². The number of halogens is 3. The molecule has 1 saturated heterocycles. The molecule has 0 atom stereocenters. The lowest BCUT2D eigenvalue weighted by Gasteiger charge is -2.32. The summed E-state index contributed by atoms with van der Waals surface area (Å²) in [5, 5.41) is 0.259. The Labute approximate surface area is 205 Å². The molecule has 1 aliphatic heterocycles. The molecule has 1 aliphatic rings. The third-order valence-electron chi connectivity index (χ3n) is 6.45. The van der Waals surface area contributed by atoms with E-state index in [9.17, 15) is 13.6 Å². The maximum atomic E-state index is 15.2. The molecule has 4 heterocycles. The second-order valence-corrected chi connectivity index (χ2v) is 9.01. The van der Waals surface area contributed by atoms with Gasteiger partial charge in [0.15, 0.2) is 11.6 Å². The summed E-state index contributed by atoms with van der Waals surface area (Å²) in [7, 11) is 3.19. The Hall–Kier alpha value is -4.02. The van der Waals surface area contributed by atoms with E-state index < -0.39 is 17.5 Å². The molecule has 5 rings (SSSR count). The summed E-state index contributed by atoms with van der Waals surface area (Å²) in [6.45, 7) is 1.25. The van der Waals surface area contributed by atoms with Gasteiger partial charge in [0, 0.05) is 51.4 Å². The molecule has 0 saturated carbocycles. The third kappa shape index (κ3) is 4.48. The predicted molar refractivity (Wildman–Crippen MR) is 127 cm³/mol. The number of amides is 1. The topological polar surface area (TPSA) is 80.0 Å². The third-order valence-corrected chi connectivity index (χ3v) is 6.45. The van der Waals surface area contributed by atoms with Crippen molar-refractivity contribution in [2.45, 2.75) is 25.3 Å². The van der Waals surface area contributed by atoms with E-state index in [1.54, 1.807) is 20.2 Å². The molecule has 0 bridgehead atoms. The molecule has 36 heavy (non-hydrogen) atoms. The number of carbonyl (C=O) groups excluding carboxylic acids is 1. The second kappa shape index (κ2) is 9.56. The fourth-order valence-electron chi connectivity index (χ4n) is 4.59. The summed E-state index contributed by atoms with van der Waals surface area (Å²) < 4.78 is 44.9. The molecule has 3 aromatic heterocycles. The number of hydrogen-bond donors (Lipinski definition) is 0. The van der Waals surface area contributed by atoms with Crippen molar-refractivity contribution >= 4 is 22.9 Å². The van der Waals surface area contributed by atoms with Gasteiger partial charge in [0.25, 0.3) is 5.91 Å². The first-order valence-corrected chi connectivity index (χ1v) is 11.5. The van der Waals surface area contributed by atoms with Gasteiger partial charge in [-0.3, -0.25) is 4.79 Å². The van der Waals surface area contributed by atoms with Crippen LogP contribution in [-0.2, 0) is 6.42 Å². The maximum Gasteiger partial charge on any atom is 0.253 e. The smallest absolute Gasteiger partial charge is 0.253 e. The van der Waals surface area contributed by atoms with Crippen molar-refractivity contribution in [1.82, 2.24) is 29.4 Å². The minimum atomic E-state index is -0.551. The maximum absolute atomic E-state index is 15.2. The Bertz CT molecular complexity index is 1410. The fourth-order valence-corrected chi connectivity index (χ4v) is 4.59. The first-order chi connectivity index (χ1) is 17.3. The lowest BCUT2D eigenvalue weighted by molar-refractivity contribution is 0.0827. The second-order valence-electron chi connectivity index (χ2n) is 9.01. The van der Waals surface area contributed by atoms with Crippen molar-refractivity contribution in [2.24, 2.45) is 0 Å². The summed E-state index contributed by atoms with van der Waals surface area (Å²) in [4.78, 5) is 32.1. The highest BCUT2D eigenvalue weighted by Gasteiger charge is 2.26. The normalized spacial score (nSPS) is 14.4. The van der Waals surface area contributed by atoms with Crippen LogP contribution in [-0.4, -0.2) is 62.5 Å². The van der Waals surface area contributed by atoms with Crippen LogP contribution in [0.5, 0.6) is 0 Å². The molecule has 0 spiro atoms. The van der Waals surface area contributed by atoms with Crippen molar-refractivity contribution in [2.75, 3.05) is 32.1 Å². The molecule has 186 valence electrons. The molecule has 4 aromatic rings. The average Bonchev–Trinajstić information content (AvgIpc) is 3.22. The van der Waals surface area contributed by atoms with E-state index in [-0.39, 0.29) is 29.3 Å². The Balaban J connectivity index is 1.38. The van der Waals surface area contributed by atoms with Crippen molar-refractivity contribution in [3.05, 3.63) is 77.4 Å². The Morgan fingerprint density at radius 2 is 1.75 bits per heavy atom. The van der Waals surface area contributed by atoms with Crippen LogP contribution < -0.4 is 4.90 Å². The van der Waals surface area contributed by atoms with Gasteiger partial charge in [0.2, 0.25) is 5.95 Å². The van der Waals surface area contributed by atoms with Crippen LogP contribution in [0.25, 0.3) is 11.0 Å². The number of benzene rings is 1. The Morgan fingerprint density at radius 1 is 1.03 bits per heavy atom. The van der Waals surface area contributed by atoms with Crippen LogP contribution in [0, 0.1) is 17.5 Å². The van der Waals surface area contributed by atoms with Gasteiger partial charge in [0.05, 0.1) is 23.5 Å². The quantitative estimate of drug-likeness (QED) is 0.419. The number of carbonyl (C=O) groups is 1. The zero-order valence-corrected chi connectivity index (χ0v) is 19.8. The number of fused-ring (bicyclic) bond motifs is 1. The number of nitrogens with zero attached hydrogens (tertiary/aromatic N) is 7. The van der Waals surface area contributed by atoms with Gasteiger partial charge in [-0.1, -0.05) is 6.07 Å². The SMILES string of the molecule is CN(C)C(=O)c1ccc(Cc2ncnc3c2c(F)cn3C2CCN(c3ncc(F)cn3)CC2)c(F)c1. The van der Waals surface area contributed by atoms with Crippen molar-refractivity contribution in [3.63, 3.8) is 0 Å². The molecule has 0 aliphatic carbocycles. The number of rotatable bonds is 5. The summed E-state index contributed by atoms with van der Waals surface area (Å²) in [5.74, 6) is -1.35. The first-order valence-electron chi connectivity index (χ1n) is 11.5. The molecule has 0 N–H and O–H groups in total. The molecular weight excluding hydrogens is 471 g/mol. The molecule has 0 unspecified atom stereocenters. The van der Waals surface area contributed by atoms with Crippen LogP contribution in [0.15, 0.2) is 43.1 Å². The Kier molecular flexibility index (Phi) is 6.29.